The van der Waals surface area contributed by atoms with Crippen molar-refractivity contribution in [2.75, 3.05) is 20.1 Å². The summed E-state index contributed by atoms with van der Waals surface area (Å²) in [6.07, 6.45) is 6.25. The summed E-state index contributed by atoms with van der Waals surface area (Å²) < 4.78 is 0. The predicted molar refractivity (Wildman–Crippen MR) is 143 cm³/mol. The Morgan fingerprint density at radius 2 is 1.68 bits per heavy atom. The maximum atomic E-state index is 4.49. The Bertz CT molecular complexity index is 641. The smallest absolute Gasteiger partial charge is 0.191 e. The van der Waals surface area contributed by atoms with Crippen LogP contribution >= 0.6 is 24.0 Å². The SMILES string of the molecule is CN=C(NCCCN(C(C)C)C(C)C)NC1CC2CCC(C1)N2Cc1ccccc1.I. The van der Waals surface area contributed by atoms with Crippen LogP contribution in [0.15, 0.2) is 35.3 Å². The number of rotatable bonds is 9. The van der Waals surface area contributed by atoms with Gasteiger partial charge in [0.15, 0.2) is 5.96 Å². The molecular formula is C25H44IN5. The normalized spacial score (nSPS) is 24.0. The first-order chi connectivity index (χ1) is 14.5. The highest BCUT2D eigenvalue weighted by Gasteiger charge is 2.40. The summed E-state index contributed by atoms with van der Waals surface area (Å²) in [5, 5.41) is 7.27. The molecule has 2 atom stereocenters. The molecule has 0 amide bonds. The molecule has 2 unspecified atom stereocenters. The standard InChI is InChI=1S/C25H43N5.HI/c1-19(2)29(20(3)4)15-9-14-27-25(26-5)28-22-16-23-12-13-24(17-22)30(23)18-21-10-7-6-8-11-21;/h6-8,10-11,19-20,22-24H,9,12-18H2,1-5H3,(H2,26,27,28);1H. The number of halogens is 1. The van der Waals surface area contributed by atoms with Crippen LogP contribution in [0.3, 0.4) is 0 Å². The second kappa shape index (κ2) is 13.0. The maximum absolute atomic E-state index is 4.49. The Labute approximate surface area is 207 Å². The van der Waals surface area contributed by atoms with Crippen molar-refractivity contribution in [1.82, 2.24) is 20.4 Å². The van der Waals surface area contributed by atoms with Gasteiger partial charge in [-0.25, -0.2) is 0 Å². The number of aliphatic imine (C=N–C) groups is 1. The van der Waals surface area contributed by atoms with Crippen LogP contribution in [0.4, 0.5) is 0 Å². The molecule has 2 aliphatic heterocycles. The first-order valence-electron chi connectivity index (χ1n) is 12.0. The summed E-state index contributed by atoms with van der Waals surface area (Å²) in [5.41, 5.74) is 1.44. The van der Waals surface area contributed by atoms with E-state index >= 15 is 0 Å². The summed E-state index contributed by atoms with van der Waals surface area (Å²) in [6, 6.07) is 14.1. The van der Waals surface area contributed by atoms with Crippen molar-refractivity contribution in [3.63, 3.8) is 0 Å². The van der Waals surface area contributed by atoms with Crippen molar-refractivity contribution in [3.05, 3.63) is 35.9 Å². The molecule has 0 aliphatic carbocycles. The lowest BCUT2D eigenvalue weighted by Crippen LogP contribution is -2.52. The molecule has 2 fully saturated rings. The van der Waals surface area contributed by atoms with E-state index in [4.69, 9.17) is 0 Å². The molecule has 0 spiro atoms. The second-order valence-electron chi connectivity index (χ2n) is 9.63. The molecule has 0 aromatic heterocycles. The van der Waals surface area contributed by atoms with Crippen LogP contribution in [-0.2, 0) is 6.54 Å². The topological polar surface area (TPSA) is 42.9 Å². The molecule has 2 bridgehead atoms. The molecule has 2 aliphatic rings. The van der Waals surface area contributed by atoms with Crippen molar-refractivity contribution < 1.29 is 0 Å². The zero-order valence-corrected chi connectivity index (χ0v) is 22.5. The van der Waals surface area contributed by atoms with Crippen LogP contribution in [0.1, 0.15) is 65.4 Å². The van der Waals surface area contributed by atoms with Gasteiger partial charge in [0.05, 0.1) is 0 Å². The molecule has 2 heterocycles. The number of hydrogen-bond acceptors (Lipinski definition) is 3. The molecule has 1 aromatic rings. The summed E-state index contributed by atoms with van der Waals surface area (Å²) in [4.78, 5) is 9.79. The van der Waals surface area contributed by atoms with Crippen molar-refractivity contribution in [2.45, 2.75) is 96.6 Å². The van der Waals surface area contributed by atoms with E-state index in [1.807, 2.05) is 7.05 Å². The molecule has 5 nitrogen and oxygen atoms in total. The molecule has 0 saturated carbocycles. The van der Waals surface area contributed by atoms with Gasteiger partial charge in [0.2, 0.25) is 0 Å². The van der Waals surface area contributed by atoms with E-state index in [0.717, 1.165) is 32.0 Å². The number of piperidine rings is 1. The minimum Gasteiger partial charge on any atom is -0.356 e. The number of hydrogen-bond donors (Lipinski definition) is 2. The summed E-state index contributed by atoms with van der Waals surface area (Å²) in [6.45, 7) is 12.3. The van der Waals surface area contributed by atoms with E-state index < -0.39 is 0 Å². The predicted octanol–water partition coefficient (Wildman–Crippen LogP) is 4.47. The second-order valence-corrected chi connectivity index (χ2v) is 9.63. The molecule has 1 aromatic carbocycles. The number of guanidine groups is 1. The monoisotopic (exact) mass is 541 g/mol. The van der Waals surface area contributed by atoms with Crippen LogP contribution in [0.25, 0.3) is 0 Å². The van der Waals surface area contributed by atoms with E-state index in [1.54, 1.807) is 0 Å². The summed E-state index contributed by atoms with van der Waals surface area (Å²) in [7, 11) is 1.89. The quantitative estimate of drug-likeness (QED) is 0.210. The Morgan fingerprint density at radius 3 is 2.23 bits per heavy atom. The first-order valence-corrected chi connectivity index (χ1v) is 12.0. The Balaban J connectivity index is 0.00000341. The lowest BCUT2D eigenvalue weighted by Gasteiger charge is -2.39. The van der Waals surface area contributed by atoms with Crippen molar-refractivity contribution in [1.29, 1.82) is 0 Å². The largest absolute Gasteiger partial charge is 0.356 e. The zero-order valence-electron chi connectivity index (χ0n) is 20.2. The van der Waals surface area contributed by atoms with Gasteiger partial charge in [-0.1, -0.05) is 30.3 Å². The summed E-state index contributed by atoms with van der Waals surface area (Å²) >= 11 is 0. The van der Waals surface area contributed by atoms with Gasteiger partial charge in [-0.3, -0.25) is 14.8 Å². The van der Waals surface area contributed by atoms with Gasteiger partial charge in [0, 0.05) is 56.9 Å². The lowest BCUT2D eigenvalue weighted by molar-refractivity contribution is 0.114. The van der Waals surface area contributed by atoms with Gasteiger partial charge in [0.1, 0.15) is 0 Å². The fourth-order valence-electron chi connectivity index (χ4n) is 5.41. The van der Waals surface area contributed by atoms with Crippen LogP contribution in [0.2, 0.25) is 0 Å². The number of nitrogens with one attached hydrogen (secondary N) is 2. The highest BCUT2D eigenvalue weighted by atomic mass is 127. The minimum absolute atomic E-state index is 0. The Hall–Kier alpha value is -0.860. The van der Waals surface area contributed by atoms with Crippen molar-refractivity contribution in [3.8, 4) is 0 Å². The molecule has 2 saturated heterocycles. The number of fused-ring (bicyclic) bond motifs is 2. The minimum atomic E-state index is 0. The van der Waals surface area contributed by atoms with Gasteiger partial charge in [-0.05, 0) is 65.4 Å². The van der Waals surface area contributed by atoms with Gasteiger partial charge >= 0.3 is 0 Å². The van der Waals surface area contributed by atoms with E-state index in [1.165, 1.54) is 31.2 Å². The molecule has 0 radical (unpaired) electrons. The van der Waals surface area contributed by atoms with Crippen LogP contribution in [0, 0.1) is 0 Å². The van der Waals surface area contributed by atoms with E-state index in [2.05, 4.69) is 83.5 Å². The third-order valence-corrected chi connectivity index (χ3v) is 6.87. The Morgan fingerprint density at radius 1 is 1.06 bits per heavy atom. The highest BCUT2D eigenvalue weighted by molar-refractivity contribution is 14.0. The fraction of sp³-hybridized carbons (Fsp3) is 0.720. The molecule has 6 heteroatoms. The van der Waals surface area contributed by atoms with Gasteiger partial charge in [-0.2, -0.15) is 0 Å². The van der Waals surface area contributed by atoms with Crippen molar-refractivity contribution in [2.24, 2.45) is 4.99 Å². The van der Waals surface area contributed by atoms with Crippen LogP contribution in [-0.4, -0.2) is 66.1 Å². The zero-order chi connectivity index (χ0) is 21.5. The molecule has 176 valence electrons. The van der Waals surface area contributed by atoms with E-state index in [0.29, 0.717) is 30.2 Å². The number of benzene rings is 1. The van der Waals surface area contributed by atoms with Gasteiger partial charge in [-0.15, -0.1) is 24.0 Å². The molecular weight excluding hydrogens is 497 g/mol. The average molecular weight is 542 g/mol. The molecule has 3 rings (SSSR count). The molecule has 31 heavy (non-hydrogen) atoms. The number of nitrogens with zero attached hydrogens (tertiary/aromatic N) is 3. The maximum Gasteiger partial charge on any atom is 0.191 e. The first kappa shape index (κ1) is 26.4. The van der Waals surface area contributed by atoms with Crippen LogP contribution < -0.4 is 10.6 Å². The van der Waals surface area contributed by atoms with Gasteiger partial charge < -0.3 is 10.6 Å². The lowest BCUT2D eigenvalue weighted by atomic mass is 9.96. The summed E-state index contributed by atoms with van der Waals surface area (Å²) in [5.74, 6) is 0.969. The van der Waals surface area contributed by atoms with E-state index in [-0.39, 0.29) is 24.0 Å². The Kier molecular flexibility index (Phi) is 11.1. The third kappa shape index (κ3) is 7.60. The average Bonchev–Trinajstić information content (AvgIpc) is 2.95. The van der Waals surface area contributed by atoms with E-state index in [9.17, 15) is 0 Å². The third-order valence-electron chi connectivity index (χ3n) is 6.87. The fourth-order valence-corrected chi connectivity index (χ4v) is 5.41. The molecule has 2 N–H and O–H groups in total. The van der Waals surface area contributed by atoms with Crippen molar-refractivity contribution >= 4 is 29.9 Å². The van der Waals surface area contributed by atoms with Gasteiger partial charge in [0.25, 0.3) is 0 Å². The van der Waals surface area contributed by atoms with Crippen LogP contribution in [0.5, 0.6) is 0 Å². The highest BCUT2D eigenvalue weighted by Crippen LogP contribution is 2.36.